The molecule has 1 atom stereocenters. The third kappa shape index (κ3) is 2.79. The Labute approximate surface area is 104 Å². The van der Waals surface area contributed by atoms with Crippen LogP contribution in [0.25, 0.3) is 10.4 Å². The normalized spacial score (nSPS) is 19.6. The van der Waals surface area contributed by atoms with Crippen molar-refractivity contribution in [3.8, 4) is 0 Å². The molecule has 1 aromatic rings. The van der Waals surface area contributed by atoms with Gasteiger partial charge in [-0.05, 0) is 11.4 Å². The van der Waals surface area contributed by atoms with E-state index in [1.807, 2.05) is 0 Å². The predicted molar refractivity (Wildman–Crippen MR) is 56.0 cm³/mol. The molecule has 1 unspecified atom stereocenters. The summed E-state index contributed by atoms with van der Waals surface area (Å²) >= 11 is 0. The molecule has 0 spiro atoms. The van der Waals surface area contributed by atoms with Crippen LogP contribution >= 0.6 is 0 Å². The molecule has 0 N–H and O–H groups in total. The van der Waals surface area contributed by atoms with Gasteiger partial charge >= 0.3 is 12.2 Å². The Kier molecular flexibility index (Phi) is 3.34. The SMILES string of the molecule is [N-]=[N+]=NCC1CC(=O)N(c2nc(C(F)(F)F)co2)C1. The highest BCUT2D eigenvalue weighted by atomic mass is 19.4. The number of carbonyl (C=O) groups is 1. The molecule has 2 heterocycles. The van der Waals surface area contributed by atoms with Gasteiger partial charge in [-0.2, -0.15) is 18.2 Å². The maximum absolute atomic E-state index is 12.3. The maximum atomic E-state index is 12.3. The van der Waals surface area contributed by atoms with Gasteiger partial charge in [0, 0.05) is 24.4 Å². The number of oxazole rings is 1. The number of rotatable bonds is 3. The van der Waals surface area contributed by atoms with Crippen LogP contribution in [0.2, 0.25) is 0 Å². The van der Waals surface area contributed by atoms with Crippen molar-refractivity contribution in [1.29, 1.82) is 0 Å². The summed E-state index contributed by atoms with van der Waals surface area (Å²) in [6, 6.07) is -0.388. The topological polar surface area (TPSA) is 95.1 Å². The van der Waals surface area contributed by atoms with Gasteiger partial charge in [-0.3, -0.25) is 9.69 Å². The van der Waals surface area contributed by atoms with Gasteiger partial charge in [0.15, 0.2) is 5.69 Å². The molecular formula is C9H8F3N5O2. The van der Waals surface area contributed by atoms with E-state index in [1.54, 1.807) is 0 Å². The summed E-state index contributed by atoms with van der Waals surface area (Å²) in [6.07, 6.45) is -4.07. The zero-order valence-corrected chi connectivity index (χ0v) is 9.46. The first-order valence-electron chi connectivity index (χ1n) is 5.25. The molecule has 0 saturated carbocycles. The van der Waals surface area contributed by atoms with Gasteiger partial charge in [0.25, 0.3) is 0 Å². The van der Waals surface area contributed by atoms with Crippen molar-refractivity contribution in [3.63, 3.8) is 0 Å². The molecule has 0 bridgehead atoms. The Morgan fingerprint density at radius 3 is 2.95 bits per heavy atom. The summed E-state index contributed by atoms with van der Waals surface area (Å²) in [6.45, 7) is 0.223. The summed E-state index contributed by atoms with van der Waals surface area (Å²) in [4.78, 5) is 18.4. The number of hydrogen-bond donors (Lipinski definition) is 0. The number of azide groups is 1. The maximum Gasteiger partial charge on any atom is 0.436 e. The highest BCUT2D eigenvalue weighted by Gasteiger charge is 2.38. The van der Waals surface area contributed by atoms with Gasteiger partial charge in [0.2, 0.25) is 5.91 Å². The first-order chi connectivity index (χ1) is 8.91. The van der Waals surface area contributed by atoms with Crippen LogP contribution < -0.4 is 4.90 Å². The zero-order chi connectivity index (χ0) is 14.0. The predicted octanol–water partition coefficient (Wildman–Crippen LogP) is 2.36. The van der Waals surface area contributed by atoms with Crippen LogP contribution in [0.1, 0.15) is 12.1 Å². The number of carbonyl (C=O) groups excluding carboxylic acids is 1. The van der Waals surface area contributed by atoms with E-state index in [4.69, 9.17) is 5.53 Å². The van der Waals surface area contributed by atoms with Crippen molar-refractivity contribution >= 4 is 11.9 Å². The molecule has 19 heavy (non-hydrogen) atoms. The van der Waals surface area contributed by atoms with E-state index >= 15 is 0 Å². The summed E-state index contributed by atoms with van der Waals surface area (Å²) in [5, 5.41) is 3.33. The molecule has 1 saturated heterocycles. The minimum absolute atomic E-state index is 0.0861. The van der Waals surface area contributed by atoms with Crippen molar-refractivity contribution in [1.82, 2.24) is 4.98 Å². The van der Waals surface area contributed by atoms with Crippen LogP contribution in [-0.2, 0) is 11.0 Å². The molecule has 102 valence electrons. The van der Waals surface area contributed by atoms with Crippen LogP contribution in [0.15, 0.2) is 15.8 Å². The van der Waals surface area contributed by atoms with Crippen molar-refractivity contribution in [2.24, 2.45) is 11.0 Å². The molecule has 0 radical (unpaired) electrons. The summed E-state index contributed by atoms with van der Waals surface area (Å²) in [5.74, 6) is -0.654. The molecule has 0 aromatic carbocycles. The van der Waals surface area contributed by atoms with Crippen LogP contribution in [0, 0.1) is 5.92 Å². The van der Waals surface area contributed by atoms with E-state index < -0.39 is 17.8 Å². The lowest BCUT2D eigenvalue weighted by molar-refractivity contribution is -0.141. The second-order valence-electron chi connectivity index (χ2n) is 4.00. The molecule has 1 amide bonds. The molecular weight excluding hydrogens is 267 g/mol. The van der Waals surface area contributed by atoms with Gasteiger partial charge in [-0.25, -0.2) is 0 Å². The fraction of sp³-hybridized carbons (Fsp3) is 0.556. The fourth-order valence-electron chi connectivity index (χ4n) is 1.76. The van der Waals surface area contributed by atoms with Gasteiger partial charge in [0.05, 0.1) is 0 Å². The quantitative estimate of drug-likeness (QED) is 0.481. The summed E-state index contributed by atoms with van der Waals surface area (Å²) in [7, 11) is 0. The molecule has 1 aromatic heterocycles. The average Bonchev–Trinajstić information content (AvgIpc) is 2.91. The second kappa shape index (κ2) is 4.81. The van der Waals surface area contributed by atoms with E-state index in [-0.39, 0.29) is 31.4 Å². The van der Waals surface area contributed by atoms with Crippen LogP contribution in [0.3, 0.4) is 0 Å². The summed E-state index contributed by atoms with van der Waals surface area (Å²) in [5.41, 5.74) is 6.99. The molecule has 0 aliphatic carbocycles. The minimum atomic E-state index is -4.62. The highest BCUT2D eigenvalue weighted by molar-refractivity contribution is 5.93. The third-order valence-electron chi connectivity index (χ3n) is 2.62. The largest absolute Gasteiger partial charge is 0.436 e. The highest BCUT2D eigenvalue weighted by Crippen LogP contribution is 2.32. The zero-order valence-electron chi connectivity index (χ0n) is 9.46. The lowest BCUT2D eigenvalue weighted by atomic mass is 10.1. The number of aromatic nitrogens is 1. The molecule has 1 aliphatic heterocycles. The van der Waals surface area contributed by atoms with Crippen LogP contribution in [0.5, 0.6) is 0 Å². The van der Waals surface area contributed by atoms with Crippen molar-refractivity contribution in [3.05, 3.63) is 22.4 Å². The Balaban J connectivity index is 2.12. The van der Waals surface area contributed by atoms with E-state index in [9.17, 15) is 18.0 Å². The molecule has 1 fully saturated rings. The van der Waals surface area contributed by atoms with Crippen molar-refractivity contribution in [2.75, 3.05) is 18.0 Å². The standard InChI is InChI=1S/C9H8F3N5O2/c10-9(11,12)6-4-19-8(15-6)17-3-5(1-7(17)18)2-14-16-13/h4-5H,1-3H2. The Morgan fingerprint density at radius 2 is 2.37 bits per heavy atom. The van der Waals surface area contributed by atoms with Crippen LogP contribution in [0.4, 0.5) is 19.2 Å². The van der Waals surface area contributed by atoms with E-state index in [0.29, 0.717) is 6.26 Å². The van der Waals surface area contributed by atoms with Gasteiger partial charge < -0.3 is 4.42 Å². The number of halogens is 3. The average molecular weight is 275 g/mol. The third-order valence-corrected chi connectivity index (χ3v) is 2.62. The Morgan fingerprint density at radius 1 is 1.63 bits per heavy atom. The van der Waals surface area contributed by atoms with Gasteiger partial charge in [-0.15, -0.1) is 0 Å². The number of alkyl halides is 3. The van der Waals surface area contributed by atoms with Crippen molar-refractivity contribution < 1.29 is 22.4 Å². The summed E-state index contributed by atoms with van der Waals surface area (Å²) < 4.78 is 41.7. The lowest BCUT2D eigenvalue weighted by Crippen LogP contribution is -2.25. The smallest absolute Gasteiger partial charge is 0.431 e. The number of amides is 1. The molecule has 2 rings (SSSR count). The monoisotopic (exact) mass is 275 g/mol. The first-order valence-corrected chi connectivity index (χ1v) is 5.25. The first kappa shape index (κ1) is 13.2. The lowest BCUT2D eigenvalue weighted by Gasteiger charge is -2.10. The van der Waals surface area contributed by atoms with Gasteiger partial charge in [0.1, 0.15) is 6.26 Å². The van der Waals surface area contributed by atoms with E-state index in [2.05, 4.69) is 19.4 Å². The van der Waals surface area contributed by atoms with E-state index in [1.165, 1.54) is 0 Å². The van der Waals surface area contributed by atoms with Gasteiger partial charge in [-0.1, -0.05) is 5.11 Å². The van der Waals surface area contributed by atoms with Crippen LogP contribution in [-0.4, -0.2) is 24.0 Å². The molecule has 1 aliphatic rings. The fourth-order valence-corrected chi connectivity index (χ4v) is 1.76. The molecule has 10 heteroatoms. The number of nitrogens with zero attached hydrogens (tertiary/aromatic N) is 5. The number of anilines is 1. The Hall–Kier alpha value is -2.22. The second-order valence-corrected chi connectivity index (χ2v) is 4.00. The Bertz CT molecular complexity index is 534. The number of hydrogen-bond acceptors (Lipinski definition) is 4. The molecule has 7 nitrogen and oxygen atoms in total. The van der Waals surface area contributed by atoms with Crippen molar-refractivity contribution in [2.45, 2.75) is 12.6 Å². The van der Waals surface area contributed by atoms with E-state index in [0.717, 1.165) is 4.90 Å². The minimum Gasteiger partial charge on any atom is -0.431 e.